The Hall–Kier alpha value is -0.750. The zero-order valence-corrected chi connectivity index (χ0v) is 17.9. The van der Waals surface area contributed by atoms with E-state index in [0.29, 0.717) is 0 Å². The SMILES string of the molecule is Cc1ccc2c(c1Br)CCc1cc(Br)cnc1[C@]2(C)N1CCNCC1. The van der Waals surface area contributed by atoms with Crippen molar-refractivity contribution < 1.29 is 0 Å². The summed E-state index contributed by atoms with van der Waals surface area (Å²) < 4.78 is 2.33. The lowest BCUT2D eigenvalue weighted by Crippen LogP contribution is -2.54. The van der Waals surface area contributed by atoms with Crippen LogP contribution in [0.1, 0.15) is 34.9 Å². The van der Waals surface area contributed by atoms with Gasteiger partial charge >= 0.3 is 0 Å². The highest BCUT2D eigenvalue weighted by molar-refractivity contribution is 9.10. The van der Waals surface area contributed by atoms with E-state index in [1.807, 2.05) is 6.20 Å². The fourth-order valence-electron chi connectivity index (χ4n) is 4.37. The quantitative estimate of drug-likeness (QED) is 0.685. The number of rotatable bonds is 1. The lowest BCUT2D eigenvalue weighted by atomic mass is 9.82. The van der Waals surface area contributed by atoms with Crippen molar-refractivity contribution in [2.24, 2.45) is 0 Å². The van der Waals surface area contributed by atoms with E-state index < -0.39 is 0 Å². The van der Waals surface area contributed by atoms with Crippen LogP contribution in [0.2, 0.25) is 0 Å². The maximum absolute atomic E-state index is 4.93. The maximum Gasteiger partial charge on any atom is 0.0867 e. The molecule has 1 fully saturated rings. The number of nitrogens with zero attached hydrogens (tertiary/aromatic N) is 2. The second-order valence-corrected chi connectivity index (χ2v) is 8.90. The highest BCUT2D eigenvalue weighted by Crippen LogP contribution is 2.44. The lowest BCUT2D eigenvalue weighted by Gasteiger charge is -2.44. The molecule has 4 rings (SSSR count). The Morgan fingerprint density at radius 1 is 1.16 bits per heavy atom. The van der Waals surface area contributed by atoms with E-state index in [0.717, 1.165) is 43.5 Å². The molecule has 0 spiro atoms. The van der Waals surface area contributed by atoms with Gasteiger partial charge in [-0.1, -0.05) is 28.1 Å². The standard InChI is InChI=1S/C20H23Br2N3/c1-13-3-6-17-16(18(13)22)5-4-14-11-15(21)12-24-19(14)20(17,2)25-9-7-23-8-10-25/h3,6,11-12,23H,4-5,7-10H2,1-2H3/t20-/m1/s1. The first-order valence-corrected chi connectivity index (χ1v) is 10.5. The summed E-state index contributed by atoms with van der Waals surface area (Å²) in [5.74, 6) is 0. The highest BCUT2D eigenvalue weighted by atomic mass is 79.9. The van der Waals surface area contributed by atoms with Gasteiger partial charge in [-0.2, -0.15) is 0 Å². The molecule has 0 saturated carbocycles. The number of hydrogen-bond donors (Lipinski definition) is 1. The Labute approximate surface area is 166 Å². The fraction of sp³-hybridized carbons (Fsp3) is 0.450. The monoisotopic (exact) mass is 463 g/mol. The summed E-state index contributed by atoms with van der Waals surface area (Å²) in [6.45, 7) is 8.69. The fourth-order valence-corrected chi connectivity index (χ4v) is 5.29. The summed E-state index contributed by atoms with van der Waals surface area (Å²) in [6.07, 6.45) is 4.02. The smallest absolute Gasteiger partial charge is 0.0867 e. The number of hydrogen-bond acceptors (Lipinski definition) is 3. The zero-order chi connectivity index (χ0) is 17.6. The molecular formula is C20H23Br2N3. The van der Waals surface area contributed by atoms with Gasteiger partial charge in [0.05, 0.1) is 11.2 Å². The Morgan fingerprint density at radius 3 is 2.68 bits per heavy atom. The Kier molecular flexibility index (Phi) is 4.78. The van der Waals surface area contributed by atoms with Crippen molar-refractivity contribution >= 4 is 31.9 Å². The first kappa shape index (κ1) is 17.7. The normalized spacial score (nSPS) is 23.7. The molecular weight excluding hydrogens is 442 g/mol. The van der Waals surface area contributed by atoms with Crippen LogP contribution in [0, 0.1) is 6.92 Å². The van der Waals surface area contributed by atoms with Crippen LogP contribution >= 0.6 is 31.9 Å². The van der Waals surface area contributed by atoms with Crippen LogP contribution in [0.15, 0.2) is 33.3 Å². The highest BCUT2D eigenvalue weighted by Gasteiger charge is 2.42. The van der Waals surface area contributed by atoms with Gasteiger partial charge in [-0.25, -0.2) is 0 Å². The molecule has 25 heavy (non-hydrogen) atoms. The van der Waals surface area contributed by atoms with Gasteiger partial charge < -0.3 is 5.32 Å². The molecule has 2 aromatic rings. The van der Waals surface area contributed by atoms with Crippen LogP contribution in [-0.4, -0.2) is 36.1 Å². The zero-order valence-electron chi connectivity index (χ0n) is 14.7. The van der Waals surface area contributed by atoms with Gasteiger partial charge in [0.25, 0.3) is 0 Å². The van der Waals surface area contributed by atoms with E-state index in [9.17, 15) is 0 Å². The van der Waals surface area contributed by atoms with Crippen LogP contribution in [0.4, 0.5) is 0 Å². The molecule has 1 atom stereocenters. The van der Waals surface area contributed by atoms with E-state index in [1.165, 1.54) is 32.4 Å². The molecule has 2 heterocycles. The summed E-state index contributed by atoms with van der Waals surface area (Å²) in [6, 6.07) is 6.83. The third-order valence-corrected chi connectivity index (χ3v) is 7.29. The largest absolute Gasteiger partial charge is 0.314 e. The number of aryl methyl sites for hydroxylation is 2. The first-order chi connectivity index (χ1) is 12.0. The van der Waals surface area contributed by atoms with E-state index in [1.54, 1.807) is 0 Å². The summed E-state index contributed by atoms with van der Waals surface area (Å²) in [5.41, 5.74) is 6.53. The maximum atomic E-state index is 4.93. The van der Waals surface area contributed by atoms with Crippen molar-refractivity contribution in [2.45, 2.75) is 32.2 Å². The second kappa shape index (κ2) is 6.76. The number of pyridine rings is 1. The van der Waals surface area contributed by atoms with Crippen LogP contribution in [0.25, 0.3) is 0 Å². The molecule has 132 valence electrons. The molecule has 3 nitrogen and oxygen atoms in total. The minimum Gasteiger partial charge on any atom is -0.314 e. The molecule has 1 N–H and O–H groups in total. The molecule has 1 saturated heterocycles. The molecule has 1 aliphatic carbocycles. The molecule has 0 radical (unpaired) electrons. The Bertz CT molecular complexity index is 815. The molecule has 0 amide bonds. The summed E-state index contributed by atoms with van der Waals surface area (Å²) in [7, 11) is 0. The van der Waals surface area contributed by atoms with Gasteiger partial charge in [-0.15, -0.1) is 0 Å². The predicted molar refractivity (Wildman–Crippen MR) is 109 cm³/mol. The van der Waals surface area contributed by atoms with Crippen molar-refractivity contribution in [1.29, 1.82) is 0 Å². The third kappa shape index (κ3) is 2.89. The van der Waals surface area contributed by atoms with Crippen molar-refractivity contribution in [2.75, 3.05) is 26.2 Å². The lowest BCUT2D eigenvalue weighted by molar-refractivity contribution is 0.116. The van der Waals surface area contributed by atoms with Crippen LogP contribution in [0.3, 0.4) is 0 Å². The van der Waals surface area contributed by atoms with E-state index in [-0.39, 0.29) is 5.54 Å². The van der Waals surface area contributed by atoms with Gasteiger partial charge in [0.1, 0.15) is 0 Å². The summed E-state index contributed by atoms with van der Waals surface area (Å²) >= 11 is 7.49. The van der Waals surface area contributed by atoms with Crippen LogP contribution in [-0.2, 0) is 18.4 Å². The Morgan fingerprint density at radius 2 is 1.92 bits per heavy atom. The van der Waals surface area contributed by atoms with Crippen molar-refractivity contribution in [3.8, 4) is 0 Å². The van der Waals surface area contributed by atoms with Crippen LogP contribution < -0.4 is 5.32 Å². The van der Waals surface area contributed by atoms with Crippen molar-refractivity contribution in [3.63, 3.8) is 0 Å². The first-order valence-electron chi connectivity index (χ1n) is 8.91. The van der Waals surface area contributed by atoms with Crippen molar-refractivity contribution in [1.82, 2.24) is 15.2 Å². The number of aromatic nitrogens is 1. The second-order valence-electron chi connectivity index (χ2n) is 7.19. The predicted octanol–water partition coefficient (Wildman–Crippen LogP) is 4.18. The van der Waals surface area contributed by atoms with Gasteiger partial charge in [-0.05, 0) is 70.9 Å². The number of fused-ring (bicyclic) bond motifs is 2. The molecule has 5 heteroatoms. The number of benzene rings is 1. The third-order valence-electron chi connectivity index (χ3n) is 5.75. The van der Waals surface area contributed by atoms with E-state index in [4.69, 9.17) is 4.98 Å². The Balaban J connectivity index is 1.98. The average Bonchev–Trinajstić information content (AvgIpc) is 2.75. The molecule has 1 aromatic heterocycles. The van der Waals surface area contributed by atoms with Gasteiger partial charge in [0, 0.05) is 41.3 Å². The molecule has 2 aliphatic rings. The molecule has 1 aromatic carbocycles. The minimum atomic E-state index is -0.194. The number of nitrogens with one attached hydrogen (secondary N) is 1. The molecule has 0 bridgehead atoms. The van der Waals surface area contributed by atoms with Crippen LogP contribution in [0.5, 0.6) is 0 Å². The van der Waals surface area contributed by atoms with E-state index in [2.05, 4.69) is 74.1 Å². The minimum absolute atomic E-state index is 0.194. The average molecular weight is 465 g/mol. The number of halogens is 2. The molecule has 1 aliphatic heterocycles. The van der Waals surface area contributed by atoms with Gasteiger partial charge in [0.2, 0.25) is 0 Å². The van der Waals surface area contributed by atoms with Gasteiger partial charge in [0.15, 0.2) is 0 Å². The van der Waals surface area contributed by atoms with Crippen molar-refractivity contribution in [3.05, 3.63) is 61.3 Å². The summed E-state index contributed by atoms with van der Waals surface area (Å²) in [4.78, 5) is 7.54. The summed E-state index contributed by atoms with van der Waals surface area (Å²) in [5, 5.41) is 3.49. The number of piperazine rings is 1. The molecule has 0 unspecified atom stereocenters. The van der Waals surface area contributed by atoms with Gasteiger partial charge in [-0.3, -0.25) is 9.88 Å². The van der Waals surface area contributed by atoms with E-state index >= 15 is 0 Å². The topological polar surface area (TPSA) is 28.2 Å².